The van der Waals surface area contributed by atoms with Crippen LogP contribution in [0.5, 0.6) is 0 Å². The fourth-order valence-electron chi connectivity index (χ4n) is 0.826. The molecule has 0 atom stereocenters. The van der Waals surface area contributed by atoms with Gasteiger partial charge in [-0.15, -0.1) is 24.8 Å². The van der Waals surface area contributed by atoms with Crippen molar-refractivity contribution in [1.82, 2.24) is 0 Å². The summed E-state index contributed by atoms with van der Waals surface area (Å²) < 4.78 is 0. The summed E-state index contributed by atoms with van der Waals surface area (Å²) in [4.78, 5) is 0. The molecular formula is C8H13Cl2N3. The second kappa shape index (κ2) is 7.86. The Morgan fingerprint density at radius 3 is 2.08 bits per heavy atom. The highest BCUT2D eigenvalue weighted by molar-refractivity contribution is 5.85. The Morgan fingerprint density at radius 2 is 1.69 bits per heavy atom. The van der Waals surface area contributed by atoms with E-state index in [0.29, 0.717) is 6.54 Å². The third-order valence-corrected chi connectivity index (χ3v) is 1.44. The number of halogens is 2. The molecule has 0 aromatic heterocycles. The van der Waals surface area contributed by atoms with E-state index in [9.17, 15) is 0 Å². The van der Waals surface area contributed by atoms with Crippen molar-refractivity contribution in [1.29, 1.82) is 0 Å². The summed E-state index contributed by atoms with van der Waals surface area (Å²) in [5, 5.41) is 3.41. The van der Waals surface area contributed by atoms with Gasteiger partial charge in [0.1, 0.15) is 0 Å². The molecule has 13 heavy (non-hydrogen) atoms. The van der Waals surface area contributed by atoms with Gasteiger partial charge >= 0.3 is 0 Å². The van der Waals surface area contributed by atoms with E-state index in [0.717, 1.165) is 11.1 Å². The van der Waals surface area contributed by atoms with Crippen LogP contribution in [-0.2, 0) is 6.54 Å². The molecule has 4 N–H and O–H groups in total. The molecule has 1 aromatic carbocycles. The highest BCUT2D eigenvalue weighted by atomic mass is 35.5. The van der Waals surface area contributed by atoms with Crippen molar-refractivity contribution >= 4 is 31.0 Å². The van der Waals surface area contributed by atoms with Crippen LogP contribution >= 0.6 is 24.8 Å². The van der Waals surface area contributed by atoms with Crippen LogP contribution in [0, 0.1) is 0 Å². The summed E-state index contributed by atoms with van der Waals surface area (Å²) in [5.74, 6) is 4.98. The predicted molar refractivity (Wildman–Crippen MR) is 60.6 cm³/mol. The van der Waals surface area contributed by atoms with Crippen LogP contribution in [0.4, 0.5) is 0 Å². The SMILES string of the molecule is Cl.Cl.NCc1ccc(C=NN)cc1. The molecule has 74 valence electrons. The molecule has 0 fully saturated rings. The van der Waals surface area contributed by atoms with E-state index in [1.807, 2.05) is 24.3 Å². The monoisotopic (exact) mass is 221 g/mol. The summed E-state index contributed by atoms with van der Waals surface area (Å²) in [6.45, 7) is 0.569. The fraction of sp³-hybridized carbons (Fsp3) is 0.125. The first-order valence-corrected chi connectivity index (χ1v) is 3.39. The lowest BCUT2D eigenvalue weighted by Gasteiger charge is -1.95. The second-order valence-corrected chi connectivity index (χ2v) is 2.22. The van der Waals surface area contributed by atoms with Crippen LogP contribution in [0.25, 0.3) is 0 Å². The van der Waals surface area contributed by atoms with Gasteiger partial charge in [0, 0.05) is 6.54 Å². The maximum absolute atomic E-state index is 5.42. The largest absolute Gasteiger partial charge is 0.326 e. The molecule has 0 heterocycles. The Morgan fingerprint density at radius 1 is 1.15 bits per heavy atom. The van der Waals surface area contributed by atoms with Gasteiger partial charge in [-0.05, 0) is 11.1 Å². The van der Waals surface area contributed by atoms with Crippen molar-refractivity contribution in [3.05, 3.63) is 35.4 Å². The highest BCUT2D eigenvalue weighted by Crippen LogP contribution is 2.00. The number of hydrogen-bond acceptors (Lipinski definition) is 3. The molecule has 0 saturated heterocycles. The molecule has 5 heteroatoms. The van der Waals surface area contributed by atoms with Gasteiger partial charge < -0.3 is 11.6 Å². The van der Waals surface area contributed by atoms with Crippen LogP contribution in [0.1, 0.15) is 11.1 Å². The van der Waals surface area contributed by atoms with Crippen molar-refractivity contribution < 1.29 is 0 Å². The Balaban J connectivity index is 0. The minimum atomic E-state index is 0. The highest BCUT2D eigenvalue weighted by Gasteiger charge is 1.88. The van der Waals surface area contributed by atoms with E-state index < -0.39 is 0 Å². The quantitative estimate of drug-likeness (QED) is 0.449. The zero-order valence-corrected chi connectivity index (χ0v) is 8.65. The number of hydrazone groups is 1. The van der Waals surface area contributed by atoms with Gasteiger partial charge in [-0.25, -0.2) is 0 Å². The van der Waals surface area contributed by atoms with Gasteiger partial charge in [0.2, 0.25) is 0 Å². The number of benzene rings is 1. The van der Waals surface area contributed by atoms with Crippen LogP contribution in [0.15, 0.2) is 29.4 Å². The van der Waals surface area contributed by atoms with Crippen LogP contribution < -0.4 is 11.6 Å². The molecule has 0 aliphatic heterocycles. The van der Waals surface area contributed by atoms with Crippen molar-refractivity contribution in [3.8, 4) is 0 Å². The molecule has 0 unspecified atom stereocenters. The van der Waals surface area contributed by atoms with E-state index >= 15 is 0 Å². The zero-order valence-electron chi connectivity index (χ0n) is 7.01. The number of nitrogens with two attached hydrogens (primary N) is 2. The summed E-state index contributed by atoms with van der Waals surface area (Å²) in [5.41, 5.74) is 7.52. The first kappa shape index (κ1) is 14.7. The van der Waals surface area contributed by atoms with E-state index in [1.165, 1.54) is 0 Å². The average molecular weight is 222 g/mol. The smallest absolute Gasteiger partial charge is 0.0538 e. The Bertz CT molecular complexity index is 246. The van der Waals surface area contributed by atoms with E-state index in [-0.39, 0.29) is 24.8 Å². The average Bonchev–Trinajstić information content (AvgIpc) is 2.07. The van der Waals surface area contributed by atoms with Crippen LogP contribution in [0.2, 0.25) is 0 Å². The lowest BCUT2D eigenvalue weighted by Crippen LogP contribution is -1.96. The van der Waals surface area contributed by atoms with Gasteiger partial charge in [0.05, 0.1) is 6.21 Å². The first-order valence-electron chi connectivity index (χ1n) is 3.39. The van der Waals surface area contributed by atoms with Crippen molar-refractivity contribution in [2.45, 2.75) is 6.54 Å². The van der Waals surface area contributed by atoms with Gasteiger partial charge in [-0.1, -0.05) is 24.3 Å². The third kappa shape index (κ3) is 4.72. The van der Waals surface area contributed by atoms with Crippen molar-refractivity contribution in [2.75, 3.05) is 0 Å². The standard InChI is InChI=1S/C8H11N3.2ClH/c9-5-7-1-3-8(4-2-7)6-11-10;;/h1-4,6H,5,9-10H2;2*1H. The minimum absolute atomic E-state index is 0. The van der Waals surface area contributed by atoms with E-state index in [1.54, 1.807) is 6.21 Å². The van der Waals surface area contributed by atoms with Crippen LogP contribution in [-0.4, -0.2) is 6.21 Å². The summed E-state index contributed by atoms with van der Waals surface area (Å²) in [6, 6.07) is 7.77. The molecule has 0 spiro atoms. The molecule has 0 aliphatic rings. The zero-order chi connectivity index (χ0) is 8.10. The molecular weight excluding hydrogens is 209 g/mol. The van der Waals surface area contributed by atoms with Crippen LogP contribution in [0.3, 0.4) is 0 Å². The molecule has 0 saturated carbocycles. The lowest BCUT2D eigenvalue weighted by atomic mass is 10.1. The summed E-state index contributed by atoms with van der Waals surface area (Å²) in [6.07, 6.45) is 1.60. The number of hydrogen-bond donors (Lipinski definition) is 2. The molecule has 0 radical (unpaired) electrons. The van der Waals surface area contributed by atoms with Crippen molar-refractivity contribution in [3.63, 3.8) is 0 Å². The first-order chi connectivity index (χ1) is 5.36. The molecule has 0 aliphatic carbocycles. The fourth-order valence-corrected chi connectivity index (χ4v) is 0.826. The number of nitrogens with zero attached hydrogens (tertiary/aromatic N) is 1. The topological polar surface area (TPSA) is 64.4 Å². The molecule has 1 aromatic rings. The van der Waals surface area contributed by atoms with Gasteiger partial charge in [-0.2, -0.15) is 5.10 Å². The Labute approximate surface area is 90.0 Å². The third-order valence-electron chi connectivity index (χ3n) is 1.44. The van der Waals surface area contributed by atoms with E-state index in [4.69, 9.17) is 11.6 Å². The second-order valence-electron chi connectivity index (χ2n) is 2.22. The Hall–Kier alpha value is -0.770. The normalized spacial score (nSPS) is 9.00. The maximum Gasteiger partial charge on any atom is 0.0538 e. The van der Waals surface area contributed by atoms with Gasteiger partial charge in [0.25, 0.3) is 0 Å². The minimum Gasteiger partial charge on any atom is -0.326 e. The van der Waals surface area contributed by atoms with Gasteiger partial charge in [0.15, 0.2) is 0 Å². The molecule has 3 nitrogen and oxygen atoms in total. The van der Waals surface area contributed by atoms with Crippen molar-refractivity contribution in [2.24, 2.45) is 16.7 Å². The number of rotatable bonds is 2. The van der Waals surface area contributed by atoms with Gasteiger partial charge in [-0.3, -0.25) is 0 Å². The maximum atomic E-state index is 5.42. The molecule has 0 amide bonds. The predicted octanol–water partition coefficient (Wildman–Crippen LogP) is 1.28. The summed E-state index contributed by atoms with van der Waals surface area (Å²) in [7, 11) is 0. The molecule has 1 rings (SSSR count). The molecule has 0 bridgehead atoms. The van der Waals surface area contributed by atoms with E-state index in [2.05, 4.69) is 5.10 Å². The summed E-state index contributed by atoms with van der Waals surface area (Å²) >= 11 is 0. The lowest BCUT2D eigenvalue weighted by molar-refractivity contribution is 1.07. The Kier molecular flexibility index (Phi) is 8.91.